The fourth-order valence-electron chi connectivity index (χ4n) is 4.56. The minimum atomic E-state index is -0.509. The first-order valence-electron chi connectivity index (χ1n) is 11.2. The van der Waals surface area contributed by atoms with Crippen molar-refractivity contribution in [3.8, 4) is 11.3 Å². The maximum Gasteiger partial charge on any atom is 0.261 e. The van der Waals surface area contributed by atoms with Gasteiger partial charge < -0.3 is 10.2 Å². The Morgan fingerprint density at radius 1 is 1.12 bits per heavy atom. The molecule has 1 saturated heterocycles. The molecule has 170 valence electrons. The normalized spacial score (nSPS) is 15.6. The average Bonchev–Trinajstić information content (AvgIpc) is 3.53. The molecule has 0 spiro atoms. The topological polar surface area (TPSA) is 65.5 Å². The molecule has 3 aromatic rings. The van der Waals surface area contributed by atoms with Crippen molar-refractivity contribution >= 4 is 34.0 Å². The lowest BCUT2D eigenvalue weighted by Gasteiger charge is -2.18. The zero-order valence-electron chi connectivity index (χ0n) is 18.4. The molecule has 2 aliphatic rings. The number of likely N-dealkylation sites (tertiary alicyclic amines) is 1. The van der Waals surface area contributed by atoms with Crippen molar-refractivity contribution in [3.05, 3.63) is 64.3 Å². The van der Waals surface area contributed by atoms with Crippen LogP contribution in [0, 0.1) is 12.7 Å². The Morgan fingerprint density at radius 2 is 1.91 bits per heavy atom. The number of thiazole rings is 1. The van der Waals surface area contributed by atoms with E-state index >= 15 is 0 Å². The molecule has 0 saturated carbocycles. The number of fused-ring (bicyclic) bond motifs is 1. The number of benzene rings is 2. The van der Waals surface area contributed by atoms with E-state index in [-0.39, 0.29) is 17.4 Å². The lowest BCUT2D eigenvalue weighted by molar-refractivity contribution is -0.117. The summed E-state index contributed by atoms with van der Waals surface area (Å²) in [6.45, 7) is 4.85. The molecule has 0 atom stereocenters. The monoisotopic (exact) mass is 464 g/mol. The Kier molecular flexibility index (Phi) is 5.95. The Labute approximate surface area is 196 Å². The summed E-state index contributed by atoms with van der Waals surface area (Å²) in [5.74, 6) is -0.870. The minimum absolute atomic E-state index is 0.0338. The molecule has 0 aliphatic carbocycles. The summed E-state index contributed by atoms with van der Waals surface area (Å²) in [7, 11) is 0. The highest BCUT2D eigenvalue weighted by Gasteiger charge is 2.28. The van der Waals surface area contributed by atoms with Crippen molar-refractivity contribution in [2.45, 2.75) is 26.2 Å². The third kappa shape index (κ3) is 4.41. The zero-order chi connectivity index (χ0) is 22.9. The summed E-state index contributed by atoms with van der Waals surface area (Å²) >= 11 is 1.47. The van der Waals surface area contributed by atoms with Crippen LogP contribution in [0.4, 0.5) is 15.2 Å². The molecule has 0 bridgehead atoms. The molecular weight excluding hydrogens is 439 g/mol. The molecule has 6 nitrogen and oxygen atoms in total. The molecule has 0 radical (unpaired) electrons. The third-order valence-electron chi connectivity index (χ3n) is 6.21. The smallest absolute Gasteiger partial charge is 0.261 e. The maximum atomic E-state index is 14.1. The fraction of sp³-hybridized carbons (Fsp3) is 0.320. The molecule has 33 heavy (non-hydrogen) atoms. The van der Waals surface area contributed by atoms with Crippen LogP contribution in [0.2, 0.25) is 0 Å². The van der Waals surface area contributed by atoms with Crippen LogP contribution in [0.3, 0.4) is 0 Å². The van der Waals surface area contributed by atoms with E-state index in [1.165, 1.54) is 23.5 Å². The van der Waals surface area contributed by atoms with E-state index in [2.05, 4.69) is 15.2 Å². The van der Waals surface area contributed by atoms with Gasteiger partial charge in [-0.1, -0.05) is 18.2 Å². The number of aromatic nitrogens is 1. The molecule has 5 rings (SSSR count). The number of carbonyl (C=O) groups excluding carboxylic acids is 2. The van der Waals surface area contributed by atoms with Crippen molar-refractivity contribution in [1.82, 2.24) is 9.88 Å². The summed E-state index contributed by atoms with van der Waals surface area (Å²) in [6.07, 6.45) is 3.00. The standard InChI is InChI=1S/C25H25FN4O2S/c1-16-23(28-25(33-16)27-22(31)15-29-11-4-5-12-29)18-8-9-21-17(14-18)10-13-30(21)24(32)19-6-2-3-7-20(19)26/h2-3,6-9,14H,4-5,10-13,15H2,1H3,(H,27,28,31). The highest BCUT2D eigenvalue weighted by molar-refractivity contribution is 7.16. The fourth-order valence-corrected chi connectivity index (χ4v) is 5.41. The first-order valence-corrected chi connectivity index (χ1v) is 12.0. The van der Waals surface area contributed by atoms with Crippen molar-refractivity contribution in [3.63, 3.8) is 0 Å². The molecular formula is C25H25FN4O2S. The van der Waals surface area contributed by atoms with Gasteiger partial charge in [-0.25, -0.2) is 9.37 Å². The van der Waals surface area contributed by atoms with Gasteiger partial charge in [-0.15, -0.1) is 11.3 Å². The van der Waals surface area contributed by atoms with Crippen LogP contribution in [0.1, 0.15) is 33.6 Å². The molecule has 2 amide bonds. The summed E-state index contributed by atoms with van der Waals surface area (Å²) in [6, 6.07) is 12.0. The van der Waals surface area contributed by atoms with Crippen LogP contribution in [-0.4, -0.2) is 47.9 Å². The first kappa shape index (κ1) is 21.7. The van der Waals surface area contributed by atoms with Gasteiger partial charge in [0.15, 0.2) is 5.13 Å². The summed E-state index contributed by atoms with van der Waals surface area (Å²) in [4.78, 5) is 34.8. The summed E-state index contributed by atoms with van der Waals surface area (Å²) in [5, 5.41) is 3.54. The van der Waals surface area contributed by atoms with Gasteiger partial charge in [0.1, 0.15) is 5.82 Å². The number of hydrogen-bond acceptors (Lipinski definition) is 5. The van der Waals surface area contributed by atoms with Crippen LogP contribution >= 0.6 is 11.3 Å². The molecule has 1 N–H and O–H groups in total. The highest BCUT2D eigenvalue weighted by Crippen LogP contribution is 2.36. The number of amides is 2. The molecule has 8 heteroatoms. The van der Waals surface area contributed by atoms with Gasteiger partial charge in [-0.2, -0.15) is 0 Å². The van der Waals surface area contributed by atoms with E-state index in [9.17, 15) is 14.0 Å². The van der Waals surface area contributed by atoms with Crippen molar-refractivity contribution < 1.29 is 14.0 Å². The van der Waals surface area contributed by atoms with Crippen LogP contribution in [0.15, 0.2) is 42.5 Å². The quantitative estimate of drug-likeness (QED) is 0.604. The summed E-state index contributed by atoms with van der Waals surface area (Å²) < 4.78 is 14.1. The number of nitrogens with zero attached hydrogens (tertiary/aromatic N) is 3. The lowest BCUT2D eigenvalue weighted by Crippen LogP contribution is -2.30. The van der Waals surface area contributed by atoms with E-state index in [4.69, 9.17) is 0 Å². The van der Waals surface area contributed by atoms with Crippen molar-refractivity contribution in [2.24, 2.45) is 0 Å². The van der Waals surface area contributed by atoms with Gasteiger partial charge in [0.05, 0.1) is 17.8 Å². The van der Waals surface area contributed by atoms with E-state index in [0.717, 1.165) is 53.3 Å². The third-order valence-corrected chi connectivity index (χ3v) is 7.09. The first-order chi connectivity index (χ1) is 16.0. The lowest BCUT2D eigenvalue weighted by atomic mass is 10.1. The second-order valence-corrected chi connectivity index (χ2v) is 9.69. The molecule has 3 heterocycles. The zero-order valence-corrected chi connectivity index (χ0v) is 19.3. The average molecular weight is 465 g/mol. The number of hydrogen-bond donors (Lipinski definition) is 1. The van der Waals surface area contributed by atoms with Crippen molar-refractivity contribution in [2.75, 3.05) is 36.4 Å². The van der Waals surface area contributed by atoms with Crippen LogP contribution < -0.4 is 10.2 Å². The number of rotatable bonds is 5. The maximum absolute atomic E-state index is 14.1. The van der Waals surface area contributed by atoms with Crippen LogP contribution in [0.25, 0.3) is 11.3 Å². The minimum Gasteiger partial charge on any atom is -0.308 e. The van der Waals surface area contributed by atoms with E-state index < -0.39 is 5.82 Å². The number of halogens is 1. The van der Waals surface area contributed by atoms with E-state index in [1.807, 2.05) is 25.1 Å². The Balaban J connectivity index is 1.33. The van der Waals surface area contributed by atoms with Gasteiger partial charge in [-0.3, -0.25) is 14.5 Å². The largest absolute Gasteiger partial charge is 0.308 e. The Morgan fingerprint density at radius 3 is 2.70 bits per heavy atom. The van der Waals surface area contributed by atoms with Gasteiger partial charge in [-0.05, 0) is 69.1 Å². The van der Waals surface area contributed by atoms with Gasteiger partial charge in [0.2, 0.25) is 5.91 Å². The van der Waals surface area contributed by atoms with E-state index in [0.29, 0.717) is 24.6 Å². The SMILES string of the molecule is Cc1sc(NC(=O)CN2CCCC2)nc1-c1ccc2c(c1)CCN2C(=O)c1ccccc1F. The molecule has 2 aliphatic heterocycles. The number of aryl methyl sites for hydroxylation is 1. The van der Waals surface area contributed by atoms with Crippen LogP contribution in [-0.2, 0) is 11.2 Å². The predicted molar refractivity (Wildman–Crippen MR) is 128 cm³/mol. The van der Waals surface area contributed by atoms with Gasteiger partial charge in [0.25, 0.3) is 5.91 Å². The number of anilines is 2. The van der Waals surface area contributed by atoms with E-state index in [1.54, 1.807) is 17.0 Å². The highest BCUT2D eigenvalue weighted by atomic mass is 32.1. The summed E-state index contributed by atoms with van der Waals surface area (Å²) in [5.41, 5.74) is 3.70. The molecule has 2 aromatic carbocycles. The number of carbonyl (C=O) groups is 2. The second kappa shape index (κ2) is 9.03. The Bertz CT molecular complexity index is 1220. The molecule has 0 unspecified atom stereocenters. The van der Waals surface area contributed by atoms with Gasteiger partial charge in [0, 0.05) is 22.7 Å². The Hall–Kier alpha value is -3.10. The second-order valence-electron chi connectivity index (χ2n) is 8.49. The van der Waals surface area contributed by atoms with Crippen molar-refractivity contribution in [1.29, 1.82) is 0 Å². The van der Waals surface area contributed by atoms with Gasteiger partial charge >= 0.3 is 0 Å². The molecule has 1 aromatic heterocycles. The molecule has 1 fully saturated rings. The number of nitrogens with one attached hydrogen (secondary N) is 1. The predicted octanol–water partition coefficient (Wildman–Crippen LogP) is 4.49. The van der Waals surface area contributed by atoms with Crippen LogP contribution in [0.5, 0.6) is 0 Å².